The van der Waals surface area contributed by atoms with E-state index in [-0.39, 0.29) is 11.2 Å². The molecule has 0 spiro atoms. The Hall–Kier alpha value is -0.780. The fourth-order valence-electron chi connectivity index (χ4n) is 3.82. The summed E-state index contributed by atoms with van der Waals surface area (Å²) in [4.78, 5) is 6.48. The molecule has 5 nitrogen and oxygen atoms in total. The van der Waals surface area contributed by atoms with Gasteiger partial charge >= 0.3 is 0 Å². The van der Waals surface area contributed by atoms with Crippen LogP contribution in [0.1, 0.15) is 53.4 Å². The van der Waals surface area contributed by atoms with Crippen LogP contribution >= 0.6 is 0 Å². The average Bonchev–Trinajstić information content (AvgIpc) is 2.98. The molecule has 1 saturated heterocycles. The van der Waals surface area contributed by atoms with Crippen LogP contribution in [0.5, 0.6) is 0 Å². The second-order valence-corrected chi connectivity index (χ2v) is 11.1. The van der Waals surface area contributed by atoms with Gasteiger partial charge in [-0.15, -0.1) is 0 Å². The maximum absolute atomic E-state index is 12.2. The van der Waals surface area contributed by atoms with Gasteiger partial charge in [-0.05, 0) is 38.0 Å². The van der Waals surface area contributed by atoms with Crippen molar-refractivity contribution >= 4 is 15.8 Å². The highest BCUT2D eigenvalue weighted by Crippen LogP contribution is 2.39. The number of rotatable bonds is 3. The van der Waals surface area contributed by atoms with Gasteiger partial charge in [0.25, 0.3) is 0 Å². The van der Waals surface area contributed by atoms with Gasteiger partial charge in [0, 0.05) is 26.7 Å². The maximum Gasteiger partial charge on any atom is 0.193 e. The van der Waals surface area contributed by atoms with Gasteiger partial charge in [-0.2, -0.15) is 0 Å². The summed E-state index contributed by atoms with van der Waals surface area (Å²) in [6.45, 7) is 10.2. The van der Waals surface area contributed by atoms with E-state index in [1.54, 1.807) is 7.05 Å². The third-order valence-electron chi connectivity index (χ3n) is 5.72. The van der Waals surface area contributed by atoms with Crippen molar-refractivity contribution in [2.45, 2.75) is 58.1 Å². The first-order chi connectivity index (χ1) is 10.6. The Bertz CT molecular complexity index is 546. The Labute approximate surface area is 141 Å². The molecule has 0 atom stereocenters. The first-order valence-corrected chi connectivity index (χ1v) is 10.4. The number of hydrogen-bond acceptors (Lipinski definition) is 3. The molecule has 0 radical (unpaired) electrons. The zero-order chi connectivity index (χ0) is 17.3. The molecule has 0 bridgehead atoms. The Morgan fingerprint density at radius 1 is 1.30 bits per heavy atom. The largest absolute Gasteiger partial charge is 0.356 e. The Balaban J connectivity index is 1.98. The van der Waals surface area contributed by atoms with E-state index >= 15 is 0 Å². The van der Waals surface area contributed by atoms with E-state index in [2.05, 4.69) is 29.1 Å². The molecule has 1 heterocycles. The molecule has 2 aliphatic rings. The van der Waals surface area contributed by atoms with Crippen molar-refractivity contribution in [2.75, 3.05) is 32.4 Å². The van der Waals surface area contributed by atoms with Gasteiger partial charge in [0.2, 0.25) is 0 Å². The summed E-state index contributed by atoms with van der Waals surface area (Å²) in [5, 5.41) is 3.50. The molecule has 0 aromatic heterocycles. The monoisotopic (exact) mass is 343 g/mol. The third-order valence-corrected chi connectivity index (χ3v) is 8.25. The van der Waals surface area contributed by atoms with E-state index < -0.39 is 14.6 Å². The minimum absolute atomic E-state index is 0.201. The highest BCUT2D eigenvalue weighted by atomic mass is 32.2. The molecule has 23 heavy (non-hydrogen) atoms. The lowest BCUT2D eigenvalue weighted by atomic mass is 9.78. The Morgan fingerprint density at radius 3 is 2.43 bits per heavy atom. The molecular weight excluding hydrogens is 310 g/mol. The number of nitrogens with zero attached hydrogens (tertiary/aromatic N) is 2. The van der Waals surface area contributed by atoms with Crippen molar-refractivity contribution < 1.29 is 8.42 Å². The predicted molar refractivity (Wildman–Crippen MR) is 96.5 cm³/mol. The molecule has 0 aromatic rings. The highest BCUT2D eigenvalue weighted by molar-refractivity contribution is 7.92. The SMILES string of the molecule is CN=C(NCC(C)(C)C1CCCC1)N1CCS(=O)(=O)C(C)(C)C1. The first kappa shape index (κ1) is 18.6. The lowest BCUT2D eigenvalue weighted by Gasteiger charge is -2.40. The summed E-state index contributed by atoms with van der Waals surface area (Å²) in [7, 11) is -1.24. The first-order valence-electron chi connectivity index (χ1n) is 8.77. The van der Waals surface area contributed by atoms with Crippen LogP contribution < -0.4 is 5.32 Å². The summed E-state index contributed by atoms with van der Waals surface area (Å²) in [6, 6.07) is 0. The zero-order valence-electron chi connectivity index (χ0n) is 15.4. The van der Waals surface area contributed by atoms with Crippen LogP contribution in [0.15, 0.2) is 4.99 Å². The second-order valence-electron chi connectivity index (χ2n) is 8.37. The molecule has 6 heteroatoms. The van der Waals surface area contributed by atoms with Crippen LogP contribution in [-0.4, -0.2) is 56.5 Å². The van der Waals surface area contributed by atoms with Gasteiger partial charge in [-0.25, -0.2) is 8.42 Å². The van der Waals surface area contributed by atoms with Crippen molar-refractivity contribution in [1.82, 2.24) is 10.2 Å². The Morgan fingerprint density at radius 2 is 1.91 bits per heavy atom. The van der Waals surface area contributed by atoms with Crippen molar-refractivity contribution in [3.63, 3.8) is 0 Å². The van der Waals surface area contributed by atoms with E-state index in [1.165, 1.54) is 25.7 Å². The second kappa shape index (κ2) is 6.61. The standard InChI is InChI=1S/C17H33N3O2S/c1-16(2,14-8-6-7-9-14)12-19-15(18-5)20-10-11-23(21,22)17(3,4)13-20/h14H,6-13H2,1-5H3,(H,18,19). The van der Waals surface area contributed by atoms with E-state index in [0.717, 1.165) is 18.4 Å². The minimum atomic E-state index is -3.02. The molecule has 2 fully saturated rings. The molecule has 0 aromatic carbocycles. The van der Waals surface area contributed by atoms with Gasteiger partial charge in [-0.1, -0.05) is 26.7 Å². The molecular formula is C17H33N3O2S. The van der Waals surface area contributed by atoms with Crippen LogP contribution in [0.25, 0.3) is 0 Å². The fraction of sp³-hybridized carbons (Fsp3) is 0.941. The normalized spacial score (nSPS) is 25.6. The quantitative estimate of drug-likeness (QED) is 0.631. The number of guanidine groups is 1. The molecule has 0 unspecified atom stereocenters. The lowest BCUT2D eigenvalue weighted by Crippen LogP contribution is -2.58. The van der Waals surface area contributed by atoms with E-state index in [0.29, 0.717) is 13.1 Å². The summed E-state index contributed by atoms with van der Waals surface area (Å²) in [5.74, 6) is 1.80. The molecule has 2 rings (SSSR count). The molecule has 0 amide bonds. The molecule has 134 valence electrons. The molecule has 1 N–H and O–H groups in total. The predicted octanol–water partition coefficient (Wildman–Crippen LogP) is 2.29. The van der Waals surface area contributed by atoms with Crippen molar-refractivity contribution in [2.24, 2.45) is 16.3 Å². The van der Waals surface area contributed by atoms with E-state index in [4.69, 9.17) is 0 Å². The van der Waals surface area contributed by atoms with Crippen LogP contribution in [0.2, 0.25) is 0 Å². The van der Waals surface area contributed by atoms with Gasteiger partial charge in [0.05, 0.1) is 10.5 Å². The zero-order valence-corrected chi connectivity index (χ0v) is 16.2. The Kier molecular flexibility index (Phi) is 5.34. The van der Waals surface area contributed by atoms with Crippen molar-refractivity contribution in [3.05, 3.63) is 0 Å². The number of nitrogens with one attached hydrogen (secondary N) is 1. The number of sulfone groups is 1. The summed E-state index contributed by atoms with van der Waals surface area (Å²) < 4.78 is 23.6. The summed E-state index contributed by atoms with van der Waals surface area (Å²) in [5.41, 5.74) is 0.240. The van der Waals surface area contributed by atoms with Gasteiger partial charge < -0.3 is 10.2 Å². The average molecular weight is 344 g/mol. The van der Waals surface area contributed by atoms with Crippen molar-refractivity contribution in [1.29, 1.82) is 0 Å². The van der Waals surface area contributed by atoms with Crippen LogP contribution in [0, 0.1) is 11.3 Å². The van der Waals surface area contributed by atoms with Crippen molar-refractivity contribution in [3.8, 4) is 0 Å². The molecule has 1 aliphatic heterocycles. The number of aliphatic imine (C=N–C) groups is 1. The minimum Gasteiger partial charge on any atom is -0.356 e. The molecule has 1 saturated carbocycles. The van der Waals surface area contributed by atoms with Gasteiger partial charge in [0.15, 0.2) is 15.8 Å². The highest BCUT2D eigenvalue weighted by Gasteiger charge is 2.41. The van der Waals surface area contributed by atoms with Crippen LogP contribution in [0.3, 0.4) is 0 Å². The van der Waals surface area contributed by atoms with E-state index in [9.17, 15) is 8.42 Å². The maximum atomic E-state index is 12.2. The van der Waals surface area contributed by atoms with Crippen LogP contribution in [-0.2, 0) is 9.84 Å². The van der Waals surface area contributed by atoms with Gasteiger partial charge in [-0.3, -0.25) is 4.99 Å². The summed E-state index contributed by atoms with van der Waals surface area (Å²) in [6.07, 6.45) is 5.34. The topological polar surface area (TPSA) is 61.8 Å². The fourth-order valence-corrected chi connectivity index (χ4v) is 5.18. The third kappa shape index (κ3) is 4.01. The summed E-state index contributed by atoms with van der Waals surface area (Å²) >= 11 is 0. The molecule has 1 aliphatic carbocycles. The lowest BCUT2D eigenvalue weighted by molar-refractivity contribution is 0.214. The van der Waals surface area contributed by atoms with Gasteiger partial charge in [0.1, 0.15) is 0 Å². The van der Waals surface area contributed by atoms with Crippen LogP contribution in [0.4, 0.5) is 0 Å². The number of hydrogen-bond donors (Lipinski definition) is 1. The van der Waals surface area contributed by atoms with E-state index in [1.807, 2.05) is 13.8 Å². The smallest absolute Gasteiger partial charge is 0.193 e.